The molecule has 6 nitrogen and oxygen atoms in total. The lowest BCUT2D eigenvalue weighted by atomic mass is 9.54. The third-order valence-corrected chi connectivity index (χ3v) is 8.67. The molecule has 2 heterocycles. The van der Waals surface area contributed by atoms with E-state index < -0.39 is 0 Å². The van der Waals surface area contributed by atoms with Crippen molar-refractivity contribution in [2.45, 2.75) is 59.0 Å². The van der Waals surface area contributed by atoms with Gasteiger partial charge in [-0.1, -0.05) is 38.5 Å². The number of benzene rings is 1. The molecule has 2 aromatic rings. The summed E-state index contributed by atoms with van der Waals surface area (Å²) in [5.41, 5.74) is 3.03. The average molecular weight is 440 g/mol. The zero-order chi connectivity index (χ0) is 21.9. The highest BCUT2D eigenvalue weighted by Gasteiger charge is 2.58. The molecule has 3 aliphatic rings. The molecule has 2 fully saturated rings. The maximum atomic E-state index is 12.5. The second-order valence-corrected chi connectivity index (χ2v) is 10.9. The van der Waals surface area contributed by atoms with Crippen LogP contribution in [0.15, 0.2) is 24.3 Å². The Morgan fingerprint density at radius 1 is 1.19 bits per heavy atom. The van der Waals surface area contributed by atoms with Crippen LogP contribution in [-0.2, 0) is 16.0 Å². The van der Waals surface area contributed by atoms with Gasteiger partial charge in [0.15, 0.2) is 5.13 Å². The summed E-state index contributed by atoms with van der Waals surface area (Å²) < 4.78 is 5.90. The van der Waals surface area contributed by atoms with Crippen LogP contribution in [0.25, 0.3) is 0 Å². The quantitative estimate of drug-likeness (QED) is 0.618. The summed E-state index contributed by atoms with van der Waals surface area (Å²) in [5, 5.41) is 6.40. The van der Waals surface area contributed by atoms with Gasteiger partial charge in [-0.15, -0.1) is 11.3 Å². The predicted octanol–water partition coefficient (Wildman–Crippen LogP) is 5.35. The number of nitrogens with zero attached hydrogens (tertiary/aromatic N) is 1. The fourth-order valence-corrected chi connectivity index (χ4v) is 7.29. The first-order valence-corrected chi connectivity index (χ1v) is 11.9. The van der Waals surface area contributed by atoms with Gasteiger partial charge in [-0.05, 0) is 43.7 Å². The van der Waals surface area contributed by atoms with Crippen LogP contribution in [-0.4, -0.2) is 23.1 Å². The number of aromatic nitrogens is 1. The molecule has 0 spiro atoms. The minimum Gasteiger partial charge on any atom is -0.461 e. The number of amides is 2. The lowest BCUT2D eigenvalue weighted by molar-refractivity contribution is -0.149. The number of fused-ring (bicyclic) bond motifs is 4. The molecule has 7 heteroatoms. The zero-order valence-corrected chi connectivity index (χ0v) is 19.2. The van der Waals surface area contributed by atoms with Crippen LogP contribution in [0.2, 0.25) is 0 Å². The maximum absolute atomic E-state index is 12.5. The Labute approximate surface area is 186 Å². The van der Waals surface area contributed by atoms with E-state index in [0.29, 0.717) is 11.0 Å². The van der Waals surface area contributed by atoms with Crippen LogP contribution in [0.4, 0.5) is 15.6 Å². The summed E-state index contributed by atoms with van der Waals surface area (Å²) >= 11 is 1.57. The number of carbonyl (C=O) groups excluding carboxylic acids is 2. The van der Waals surface area contributed by atoms with Gasteiger partial charge in [-0.25, -0.2) is 9.78 Å². The number of rotatable bonds is 2. The first-order chi connectivity index (χ1) is 14.7. The van der Waals surface area contributed by atoms with E-state index in [1.807, 2.05) is 38.1 Å². The normalized spacial score (nSPS) is 33.7. The van der Waals surface area contributed by atoms with E-state index >= 15 is 0 Å². The standard InChI is InChI=1S/C24H29N3O3S/c1-12-5-7-15(8-6-12)25-22(29)27-23-26-19-14(3)18-20-16(13(2)21(28)30-20)9-10-24(18,4)11-17(19)31-23/h5-8,13-14,16,18,20H,9-11H2,1-4H3,(H2,25,26,27,29)/t13-,14-,16-,18+,20-,24+/m0/s1. The number of hydrogen-bond acceptors (Lipinski definition) is 5. The summed E-state index contributed by atoms with van der Waals surface area (Å²) in [5.74, 6) is 0.702. The molecule has 6 atom stereocenters. The molecular weight excluding hydrogens is 410 g/mol. The Hall–Kier alpha value is -2.41. The van der Waals surface area contributed by atoms with Crippen LogP contribution in [0, 0.1) is 30.1 Å². The number of urea groups is 1. The Morgan fingerprint density at radius 3 is 2.68 bits per heavy atom. The number of nitrogens with one attached hydrogen (secondary N) is 2. The second kappa shape index (κ2) is 7.33. The summed E-state index contributed by atoms with van der Waals surface area (Å²) in [4.78, 5) is 30.8. The van der Waals surface area contributed by atoms with E-state index in [0.717, 1.165) is 36.2 Å². The second-order valence-electron chi connectivity index (χ2n) is 9.81. The van der Waals surface area contributed by atoms with E-state index in [1.54, 1.807) is 11.3 Å². The minimum absolute atomic E-state index is 0.0127. The van der Waals surface area contributed by atoms with E-state index in [1.165, 1.54) is 4.88 Å². The molecule has 2 amide bonds. The van der Waals surface area contributed by atoms with Gasteiger partial charge in [0.05, 0.1) is 11.6 Å². The van der Waals surface area contributed by atoms with Crippen molar-refractivity contribution >= 4 is 34.2 Å². The highest BCUT2D eigenvalue weighted by atomic mass is 32.1. The van der Waals surface area contributed by atoms with E-state index in [4.69, 9.17) is 9.72 Å². The predicted molar refractivity (Wildman–Crippen MR) is 121 cm³/mol. The molecule has 31 heavy (non-hydrogen) atoms. The Kier molecular flexibility index (Phi) is 4.84. The fraction of sp³-hybridized carbons (Fsp3) is 0.542. The van der Waals surface area contributed by atoms with Crippen molar-refractivity contribution in [3.8, 4) is 0 Å². The number of esters is 1. The van der Waals surface area contributed by atoms with Crippen LogP contribution in [0.3, 0.4) is 0 Å². The van der Waals surface area contributed by atoms with Gasteiger partial charge in [0.2, 0.25) is 0 Å². The van der Waals surface area contributed by atoms with Crippen molar-refractivity contribution in [1.82, 2.24) is 4.98 Å². The molecule has 164 valence electrons. The van der Waals surface area contributed by atoms with Crippen molar-refractivity contribution in [3.63, 3.8) is 0 Å². The Bertz CT molecular complexity index is 1030. The molecule has 1 aromatic carbocycles. The van der Waals surface area contributed by atoms with Gasteiger partial charge < -0.3 is 10.1 Å². The molecule has 1 saturated heterocycles. The lowest BCUT2D eigenvalue weighted by Gasteiger charge is -2.51. The Balaban J connectivity index is 1.36. The smallest absolute Gasteiger partial charge is 0.325 e. The number of carbonyl (C=O) groups is 2. The number of anilines is 2. The van der Waals surface area contributed by atoms with Gasteiger partial charge >= 0.3 is 12.0 Å². The van der Waals surface area contributed by atoms with Gasteiger partial charge in [0.25, 0.3) is 0 Å². The van der Waals surface area contributed by atoms with Crippen molar-refractivity contribution in [1.29, 1.82) is 0 Å². The molecule has 1 aromatic heterocycles. The molecule has 0 radical (unpaired) electrons. The minimum atomic E-state index is -0.287. The topological polar surface area (TPSA) is 80.3 Å². The molecule has 2 N–H and O–H groups in total. The van der Waals surface area contributed by atoms with E-state index in [2.05, 4.69) is 24.5 Å². The third-order valence-electron chi connectivity index (χ3n) is 7.69. The first kappa shape index (κ1) is 20.5. The largest absolute Gasteiger partial charge is 0.461 e. The van der Waals surface area contributed by atoms with Crippen molar-refractivity contribution in [2.24, 2.45) is 23.2 Å². The zero-order valence-electron chi connectivity index (χ0n) is 18.4. The van der Waals surface area contributed by atoms with Crippen molar-refractivity contribution in [3.05, 3.63) is 40.4 Å². The van der Waals surface area contributed by atoms with E-state index in [-0.39, 0.29) is 41.3 Å². The SMILES string of the molecule is Cc1ccc(NC(=O)Nc2nc3c(s2)C[C@@]2(C)CC[C@@H]4[C@H](OC(=O)[C@H]4C)[C@H]2[C@@H]3C)cc1. The highest BCUT2D eigenvalue weighted by Crippen LogP contribution is 2.59. The van der Waals surface area contributed by atoms with Crippen LogP contribution in [0.5, 0.6) is 0 Å². The summed E-state index contributed by atoms with van der Waals surface area (Å²) in [7, 11) is 0. The molecule has 0 unspecified atom stereocenters. The Morgan fingerprint density at radius 2 is 1.94 bits per heavy atom. The van der Waals surface area contributed by atoms with Crippen LogP contribution < -0.4 is 10.6 Å². The molecule has 0 bridgehead atoms. The van der Waals surface area contributed by atoms with Crippen LogP contribution >= 0.6 is 11.3 Å². The molecular formula is C24H29N3O3S. The van der Waals surface area contributed by atoms with Crippen molar-refractivity contribution in [2.75, 3.05) is 10.6 Å². The monoisotopic (exact) mass is 439 g/mol. The highest BCUT2D eigenvalue weighted by molar-refractivity contribution is 7.15. The summed E-state index contributed by atoms with van der Waals surface area (Å²) in [6.45, 7) is 8.56. The number of thiazole rings is 1. The number of ether oxygens (including phenoxy) is 1. The van der Waals surface area contributed by atoms with Gasteiger partial charge in [-0.2, -0.15) is 0 Å². The molecule has 2 aliphatic carbocycles. The lowest BCUT2D eigenvalue weighted by Crippen LogP contribution is -2.50. The molecule has 1 aliphatic heterocycles. The molecule has 5 rings (SSSR count). The van der Waals surface area contributed by atoms with Crippen molar-refractivity contribution < 1.29 is 14.3 Å². The maximum Gasteiger partial charge on any atom is 0.325 e. The first-order valence-electron chi connectivity index (χ1n) is 11.1. The van der Waals surface area contributed by atoms with Gasteiger partial charge in [0.1, 0.15) is 6.10 Å². The fourth-order valence-electron chi connectivity index (χ4n) is 6.03. The van der Waals surface area contributed by atoms with Gasteiger partial charge in [-0.3, -0.25) is 10.1 Å². The van der Waals surface area contributed by atoms with E-state index in [9.17, 15) is 9.59 Å². The number of hydrogen-bond donors (Lipinski definition) is 2. The molecule has 1 saturated carbocycles. The summed E-state index contributed by atoms with van der Waals surface area (Å²) in [6, 6.07) is 7.41. The number of aryl methyl sites for hydroxylation is 1. The average Bonchev–Trinajstić information content (AvgIpc) is 3.23. The van der Waals surface area contributed by atoms with Gasteiger partial charge in [0, 0.05) is 28.3 Å². The third kappa shape index (κ3) is 3.43. The van der Waals surface area contributed by atoms with Crippen LogP contribution in [0.1, 0.15) is 55.7 Å². The summed E-state index contributed by atoms with van der Waals surface area (Å²) in [6.07, 6.45) is 3.03.